The first-order valence-corrected chi connectivity index (χ1v) is 5.79. The molecule has 0 bridgehead atoms. The molecule has 1 aromatic rings. The second-order valence-corrected chi connectivity index (χ2v) is 4.04. The number of carbonyl (C=O) groups is 1. The Hall–Kier alpha value is -1.11. The van der Waals surface area contributed by atoms with E-state index in [9.17, 15) is 4.79 Å². The maximum absolute atomic E-state index is 11.0. The van der Waals surface area contributed by atoms with Gasteiger partial charge in [-0.2, -0.15) is 11.8 Å². The van der Waals surface area contributed by atoms with Gasteiger partial charge in [-0.3, -0.25) is 4.79 Å². The van der Waals surface area contributed by atoms with Gasteiger partial charge in [-0.05, 0) is 23.1 Å². The van der Waals surface area contributed by atoms with Crippen LogP contribution in [-0.2, 0) is 16.6 Å². The van der Waals surface area contributed by atoms with Crippen LogP contribution in [0, 0.1) is 0 Å². The summed E-state index contributed by atoms with van der Waals surface area (Å²) in [6, 6.07) is 0. The molecule has 0 radical (unpaired) electrons. The summed E-state index contributed by atoms with van der Waals surface area (Å²) in [7, 11) is 3.18. The van der Waals surface area contributed by atoms with Gasteiger partial charge in [0.1, 0.15) is 0 Å². The Kier molecular flexibility index (Phi) is 4.54. The van der Waals surface area contributed by atoms with Gasteiger partial charge in [-0.1, -0.05) is 0 Å². The summed E-state index contributed by atoms with van der Waals surface area (Å²) < 4.78 is 6.21. The zero-order valence-corrected chi connectivity index (χ0v) is 9.82. The van der Waals surface area contributed by atoms with Crippen LogP contribution in [0.15, 0.2) is 0 Å². The Morgan fingerprint density at radius 1 is 1.67 bits per heavy atom. The van der Waals surface area contributed by atoms with Gasteiger partial charge in [-0.25, -0.2) is 4.68 Å². The summed E-state index contributed by atoms with van der Waals surface area (Å²) in [5, 5.41) is 11.4. The molecule has 0 spiro atoms. The van der Waals surface area contributed by atoms with Crippen LogP contribution in [0.4, 0.5) is 0 Å². The zero-order valence-electron chi connectivity index (χ0n) is 9.01. The fourth-order valence-corrected chi connectivity index (χ4v) is 1.98. The van der Waals surface area contributed by atoms with Gasteiger partial charge < -0.3 is 4.74 Å². The van der Waals surface area contributed by atoms with E-state index in [2.05, 4.69) is 20.3 Å². The van der Waals surface area contributed by atoms with E-state index in [1.165, 1.54) is 7.11 Å². The van der Waals surface area contributed by atoms with Crippen molar-refractivity contribution in [2.75, 3.05) is 13.4 Å². The first kappa shape index (κ1) is 12.0. The summed E-state index contributed by atoms with van der Waals surface area (Å²) in [5.41, 5.74) is 0. The molecule has 0 aliphatic carbocycles. The van der Waals surface area contributed by atoms with Crippen molar-refractivity contribution in [2.45, 2.75) is 18.1 Å². The van der Waals surface area contributed by atoms with Crippen LogP contribution in [0.3, 0.4) is 0 Å². The van der Waals surface area contributed by atoms with Gasteiger partial charge in [0.2, 0.25) is 0 Å². The van der Waals surface area contributed by atoms with Crippen LogP contribution in [0.2, 0.25) is 0 Å². The van der Waals surface area contributed by atoms with E-state index >= 15 is 0 Å². The molecule has 1 rings (SSSR count). The molecule has 0 fully saturated rings. The molecule has 15 heavy (non-hydrogen) atoms. The predicted octanol–water partition coefficient (Wildman–Crippen LogP) is 0.567. The van der Waals surface area contributed by atoms with Crippen LogP contribution in [-0.4, -0.2) is 39.5 Å². The summed E-state index contributed by atoms with van der Waals surface area (Å²) in [6.07, 6.45) is 3.04. The van der Waals surface area contributed by atoms with Crippen molar-refractivity contribution in [1.29, 1.82) is 0 Å². The zero-order chi connectivity index (χ0) is 11.3. The maximum atomic E-state index is 11.0. The third-order valence-corrected chi connectivity index (χ3v) is 3.08. The van der Waals surface area contributed by atoms with Crippen molar-refractivity contribution in [3.63, 3.8) is 0 Å². The molecule has 7 heteroatoms. The molecule has 6 nitrogen and oxygen atoms in total. The van der Waals surface area contributed by atoms with E-state index < -0.39 is 0 Å². The van der Waals surface area contributed by atoms with Crippen molar-refractivity contribution in [1.82, 2.24) is 20.2 Å². The number of nitrogens with zero attached hydrogens (tertiary/aromatic N) is 4. The quantitative estimate of drug-likeness (QED) is 0.689. The molecule has 0 N–H and O–H groups in total. The number of thioether (sulfide) groups is 1. The lowest BCUT2D eigenvalue weighted by atomic mass is 10.2. The Balaban J connectivity index is 2.57. The number of hydrogen-bond donors (Lipinski definition) is 0. The minimum absolute atomic E-state index is 0.129. The second kappa shape index (κ2) is 5.69. The number of tetrazole rings is 1. The third-order valence-electron chi connectivity index (χ3n) is 2.06. The molecular formula is C8H14N4O2S. The van der Waals surface area contributed by atoms with Crippen molar-refractivity contribution in [3.8, 4) is 0 Å². The summed E-state index contributed by atoms with van der Waals surface area (Å²) in [5.74, 6) is 0.579. The molecule has 84 valence electrons. The molecule has 0 saturated carbocycles. The van der Waals surface area contributed by atoms with Gasteiger partial charge in [-0.15, -0.1) is 5.10 Å². The normalized spacial score (nSPS) is 12.5. The molecule has 0 aliphatic rings. The molecule has 0 saturated heterocycles. The van der Waals surface area contributed by atoms with Crippen molar-refractivity contribution in [3.05, 3.63) is 5.82 Å². The maximum Gasteiger partial charge on any atom is 0.305 e. The smallest absolute Gasteiger partial charge is 0.305 e. The molecule has 1 heterocycles. The number of hydrogen-bond acceptors (Lipinski definition) is 6. The van der Waals surface area contributed by atoms with E-state index in [-0.39, 0.29) is 11.2 Å². The van der Waals surface area contributed by atoms with Crippen LogP contribution in [0.5, 0.6) is 0 Å². The second-order valence-electron chi connectivity index (χ2n) is 3.00. The van der Waals surface area contributed by atoms with Crippen LogP contribution >= 0.6 is 11.8 Å². The van der Waals surface area contributed by atoms with Crippen molar-refractivity contribution in [2.24, 2.45) is 7.05 Å². The van der Waals surface area contributed by atoms with Crippen molar-refractivity contribution < 1.29 is 9.53 Å². The van der Waals surface area contributed by atoms with Gasteiger partial charge >= 0.3 is 5.97 Å². The van der Waals surface area contributed by atoms with E-state index in [1.807, 2.05) is 6.26 Å². The Morgan fingerprint density at radius 3 is 2.87 bits per heavy atom. The number of aromatic nitrogens is 4. The SMILES string of the molecule is COC(=O)CCC(SC)c1nnnn1C. The highest BCUT2D eigenvalue weighted by Gasteiger charge is 2.17. The number of methoxy groups -OCH3 is 1. The first-order chi connectivity index (χ1) is 7.19. The predicted molar refractivity (Wildman–Crippen MR) is 56.3 cm³/mol. The first-order valence-electron chi connectivity index (χ1n) is 4.51. The lowest BCUT2D eigenvalue weighted by molar-refractivity contribution is -0.140. The van der Waals surface area contributed by atoms with Crippen LogP contribution in [0.25, 0.3) is 0 Å². The topological polar surface area (TPSA) is 69.9 Å². The lowest BCUT2D eigenvalue weighted by Crippen LogP contribution is -2.07. The minimum Gasteiger partial charge on any atom is -0.469 e. The summed E-state index contributed by atoms with van der Waals surface area (Å²) in [6.45, 7) is 0. The molecule has 1 atom stereocenters. The largest absolute Gasteiger partial charge is 0.469 e. The molecule has 1 unspecified atom stereocenters. The molecular weight excluding hydrogens is 216 g/mol. The Bertz CT molecular complexity index is 328. The molecule has 0 aromatic carbocycles. The molecule has 1 aromatic heterocycles. The van der Waals surface area contributed by atoms with E-state index in [4.69, 9.17) is 0 Å². The Morgan fingerprint density at radius 2 is 2.40 bits per heavy atom. The number of ether oxygens (including phenoxy) is 1. The number of carbonyl (C=O) groups excluding carboxylic acids is 1. The third kappa shape index (κ3) is 3.19. The monoisotopic (exact) mass is 230 g/mol. The van der Waals surface area contributed by atoms with Gasteiger partial charge in [0.15, 0.2) is 5.82 Å². The van der Waals surface area contributed by atoms with E-state index in [1.54, 1.807) is 23.5 Å². The summed E-state index contributed by atoms with van der Waals surface area (Å²) in [4.78, 5) is 11.0. The fourth-order valence-electron chi connectivity index (χ4n) is 1.21. The summed E-state index contributed by atoms with van der Waals surface area (Å²) >= 11 is 1.62. The molecule has 0 amide bonds. The van der Waals surface area contributed by atoms with Gasteiger partial charge in [0, 0.05) is 13.5 Å². The highest BCUT2D eigenvalue weighted by atomic mass is 32.2. The highest BCUT2D eigenvalue weighted by Crippen LogP contribution is 2.28. The Labute approximate surface area is 92.4 Å². The van der Waals surface area contributed by atoms with Crippen LogP contribution in [0.1, 0.15) is 23.9 Å². The van der Waals surface area contributed by atoms with Crippen molar-refractivity contribution >= 4 is 17.7 Å². The van der Waals surface area contributed by atoms with Gasteiger partial charge in [0.05, 0.1) is 12.4 Å². The standard InChI is InChI=1S/C8H14N4O2S/c1-12-8(9-10-11-12)6(15-3)4-5-7(13)14-2/h6H,4-5H2,1-3H3. The average molecular weight is 230 g/mol. The van der Waals surface area contributed by atoms with Crippen LogP contribution < -0.4 is 0 Å². The highest BCUT2D eigenvalue weighted by molar-refractivity contribution is 7.98. The fraction of sp³-hybridized carbons (Fsp3) is 0.750. The number of aryl methyl sites for hydroxylation is 1. The molecule has 0 aliphatic heterocycles. The number of esters is 1. The van der Waals surface area contributed by atoms with Gasteiger partial charge in [0.25, 0.3) is 0 Å². The minimum atomic E-state index is -0.204. The average Bonchev–Trinajstić information content (AvgIpc) is 2.65. The lowest BCUT2D eigenvalue weighted by Gasteiger charge is -2.11. The van der Waals surface area contributed by atoms with E-state index in [0.717, 1.165) is 5.82 Å². The van der Waals surface area contributed by atoms with E-state index in [0.29, 0.717) is 12.8 Å². The number of rotatable bonds is 5.